The van der Waals surface area contributed by atoms with E-state index < -0.39 is 0 Å². The minimum atomic E-state index is 0.563. The molecule has 6 nitrogen and oxygen atoms in total. The van der Waals surface area contributed by atoms with Crippen molar-refractivity contribution in [2.24, 2.45) is 0 Å². The molecule has 2 aromatic heterocycles. The molecule has 0 unspecified atom stereocenters. The van der Waals surface area contributed by atoms with Crippen molar-refractivity contribution in [1.82, 2.24) is 9.97 Å². The van der Waals surface area contributed by atoms with Crippen LogP contribution in [0.2, 0.25) is 0 Å². The number of hydrogen-bond acceptors (Lipinski definition) is 7. The molecule has 0 bridgehead atoms. The summed E-state index contributed by atoms with van der Waals surface area (Å²) in [6.45, 7) is 6.35. The first kappa shape index (κ1) is 25.6. The largest absolute Gasteiger partial charge is 0.398 e. The van der Waals surface area contributed by atoms with Gasteiger partial charge in [-0.3, -0.25) is 0 Å². The van der Waals surface area contributed by atoms with Crippen LogP contribution in [0.15, 0.2) is 48.5 Å². The van der Waals surface area contributed by atoms with Gasteiger partial charge in [0, 0.05) is 60.8 Å². The molecule has 0 aliphatic heterocycles. The van der Waals surface area contributed by atoms with E-state index in [1.54, 1.807) is 11.3 Å². The number of nitrogens with one attached hydrogen (secondary N) is 1. The summed E-state index contributed by atoms with van der Waals surface area (Å²) in [6, 6.07) is 16.4. The Morgan fingerprint density at radius 2 is 1.78 bits per heavy atom. The minimum Gasteiger partial charge on any atom is -0.398 e. The van der Waals surface area contributed by atoms with Crippen LogP contribution in [0.5, 0.6) is 0 Å². The topological polar surface area (TPSA) is 82.1 Å². The first-order valence-electron chi connectivity index (χ1n) is 12.7. The Morgan fingerprint density at radius 3 is 2.50 bits per heavy atom. The number of thiophene rings is 1. The van der Waals surface area contributed by atoms with E-state index in [0.717, 1.165) is 47.5 Å². The third-order valence-corrected chi connectivity index (χ3v) is 7.52. The van der Waals surface area contributed by atoms with Gasteiger partial charge in [-0.15, -0.1) is 11.3 Å². The van der Waals surface area contributed by atoms with Gasteiger partial charge >= 0.3 is 0 Å². The fourth-order valence-electron chi connectivity index (χ4n) is 4.41. The lowest BCUT2D eigenvalue weighted by Gasteiger charge is -2.24. The fraction of sp³-hybridized carbons (Fsp3) is 0.345. The normalized spacial score (nSPS) is 11.1. The molecule has 7 heteroatoms. The van der Waals surface area contributed by atoms with Crippen molar-refractivity contribution in [3.05, 3.63) is 54.1 Å². The summed E-state index contributed by atoms with van der Waals surface area (Å²) >= 11 is 1.75. The molecule has 0 aliphatic carbocycles. The summed E-state index contributed by atoms with van der Waals surface area (Å²) in [5.41, 5.74) is 11.5. The van der Waals surface area contributed by atoms with Gasteiger partial charge in [-0.2, -0.15) is 0 Å². The number of hydrogen-bond donors (Lipinski definition) is 2. The zero-order valence-electron chi connectivity index (χ0n) is 21.7. The molecule has 4 aromatic rings. The van der Waals surface area contributed by atoms with Gasteiger partial charge in [-0.05, 0) is 42.7 Å². The molecule has 0 atom stereocenters. The van der Waals surface area contributed by atoms with Crippen molar-refractivity contribution in [1.29, 1.82) is 5.41 Å². The van der Waals surface area contributed by atoms with E-state index in [1.807, 2.05) is 18.2 Å². The van der Waals surface area contributed by atoms with E-state index in [0.29, 0.717) is 17.1 Å². The average molecular weight is 501 g/mol. The van der Waals surface area contributed by atoms with Crippen LogP contribution < -0.4 is 15.5 Å². The van der Waals surface area contributed by atoms with Crippen LogP contribution >= 0.6 is 11.3 Å². The second kappa shape index (κ2) is 11.5. The van der Waals surface area contributed by atoms with Gasteiger partial charge in [-0.25, -0.2) is 9.97 Å². The monoisotopic (exact) mass is 500 g/mol. The molecule has 2 aromatic carbocycles. The maximum absolute atomic E-state index is 7.95. The Balaban J connectivity index is 1.92. The number of anilines is 3. The van der Waals surface area contributed by atoms with Crippen molar-refractivity contribution in [2.75, 3.05) is 42.7 Å². The highest BCUT2D eigenvalue weighted by molar-refractivity contribution is 7.22. The number of fused-ring (bicyclic) bond motifs is 1. The minimum absolute atomic E-state index is 0.563. The van der Waals surface area contributed by atoms with Crippen molar-refractivity contribution < 1.29 is 0 Å². The first-order chi connectivity index (χ1) is 17.5. The van der Waals surface area contributed by atoms with Gasteiger partial charge in [0.05, 0.1) is 10.2 Å². The van der Waals surface area contributed by atoms with Crippen LogP contribution in [-0.4, -0.2) is 43.4 Å². The summed E-state index contributed by atoms with van der Waals surface area (Å²) < 4.78 is 1.11. The molecule has 0 saturated heterocycles. The van der Waals surface area contributed by atoms with E-state index in [-0.39, 0.29) is 0 Å². The Hall–Kier alpha value is -3.45. The molecule has 188 valence electrons. The molecule has 0 radical (unpaired) electrons. The second-order valence-corrected chi connectivity index (χ2v) is 10.3. The maximum atomic E-state index is 7.95. The Bertz CT molecular complexity index is 1340. The smallest absolute Gasteiger partial charge is 0.162 e. The van der Waals surface area contributed by atoms with Crippen LogP contribution in [0.3, 0.4) is 0 Å². The predicted molar refractivity (Wildman–Crippen MR) is 157 cm³/mol. The van der Waals surface area contributed by atoms with Gasteiger partial charge in [0.1, 0.15) is 0 Å². The van der Waals surface area contributed by atoms with E-state index in [2.05, 4.69) is 68.1 Å². The fourth-order valence-corrected chi connectivity index (χ4v) is 5.53. The van der Waals surface area contributed by atoms with Gasteiger partial charge < -0.3 is 20.9 Å². The lowest BCUT2D eigenvalue weighted by Crippen LogP contribution is -2.26. The van der Waals surface area contributed by atoms with Crippen molar-refractivity contribution in [3.8, 4) is 21.8 Å². The number of unbranched alkanes of at least 4 members (excludes halogenated alkanes) is 2. The van der Waals surface area contributed by atoms with E-state index in [9.17, 15) is 0 Å². The lowest BCUT2D eigenvalue weighted by molar-refractivity contribution is 0.665. The molecule has 0 fully saturated rings. The van der Waals surface area contributed by atoms with Crippen molar-refractivity contribution >= 4 is 45.0 Å². The zero-order chi connectivity index (χ0) is 25.7. The summed E-state index contributed by atoms with van der Waals surface area (Å²) in [5.74, 6) is 1.60. The van der Waals surface area contributed by atoms with Gasteiger partial charge in [0.15, 0.2) is 11.6 Å². The van der Waals surface area contributed by atoms with Crippen LogP contribution in [-0.2, 0) is 0 Å². The SMILES string of the molecule is CCCCCN(CCC)c1nc(-c2cccc(N)c2C=N)nc2cc(-c3cccc(N(C)C)c3)sc12. The second-order valence-electron chi connectivity index (χ2n) is 9.29. The van der Waals surface area contributed by atoms with Gasteiger partial charge in [0.25, 0.3) is 0 Å². The number of nitrogen functional groups attached to an aromatic ring is 1. The van der Waals surface area contributed by atoms with Crippen LogP contribution in [0, 0.1) is 5.41 Å². The Kier molecular flexibility index (Phi) is 8.21. The van der Waals surface area contributed by atoms with Crippen LogP contribution in [0.25, 0.3) is 32.0 Å². The van der Waals surface area contributed by atoms with Crippen molar-refractivity contribution in [2.45, 2.75) is 39.5 Å². The van der Waals surface area contributed by atoms with E-state index in [4.69, 9.17) is 21.1 Å². The number of benzene rings is 2. The quantitative estimate of drug-likeness (QED) is 0.131. The van der Waals surface area contributed by atoms with Gasteiger partial charge in [-0.1, -0.05) is 51.0 Å². The lowest BCUT2D eigenvalue weighted by atomic mass is 10.1. The summed E-state index contributed by atoms with van der Waals surface area (Å²) in [4.78, 5) is 15.8. The maximum Gasteiger partial charge on any atom is 0.162 e. The van der Waals surface area contributed by atoms with Crippen LogP contribution in [0.4, 0.5) is 17.2 Å². The molecule has 0 amide bonds. The third kappa shape index (κ3) is 5.36. The highest BCUT2D eigenvalue weighted by atomic mass is 32.1. The Morgan fingerprint density at radius 1 is 0.972 bits per heavy atom. The molecular weight excluding hydrogens is 464 g/mol. The van der Waals surface area contributed by atoms with Gasteiger partial charge in [0.2, 0.25) is 0 Å². The highest BCUT2D eigenvalue weighted by Gasteiger charge is 2.20. The van der Waals surface area contributed by atoms with Crippen molar-refractivity contribution in [3.63, 3.8) is 0 Å². The number of aromatic nitrogens is 2. The molecule has 2 heterocycles. The number of nitrogens with two attached hydrogens (primary N) is 1. The molecule has 0 spiro atoms. The van der Waals surface area contributed by atoms with E-state index >= 15 is 0 Å². The third-order valence-electron chi connectivity index (χ3n) is 6.35. The summed E-state index contributed by atoms with van der Waals surface area (Å²) in [6.07, 6.45) is 5.85. The molecule has 0 aliphatic rings. The summed E-state index contributed by atoms with van der Waals surface area (Å²) in [7, 11) is 4.12. The highest BCUT2D eigenvalue weighted by Crippen LogP contribution is 2.40. The standard InChI is InChI=1S/C29H36N6S/c1-5-7-8-16-35(15-6-2)29-27-25(18-26(36-27)20-11-9-12-21(17-20)34(3)4)32-28(33-29)22-13-10-14-24(31)23(22)19-30/h9-14,17-19,30H,5-8,15-16,31H2,1-4H3. The zero-order valence-corrected chi connectivity index (χ0v) is 22.5. The number of rotatable bonds is 11. The Labute approximate surface area is 218 Å². The average Bonchev–Trinajstić information content (AvgIpc) is 3.32. The molecule has 36 heavy (non-hydrogen) atoms. The molecule has 4 rings (SSSR count). The summed E-state index contributed by atoms with van der Waals surface area (Å²) in [5, 5.41) is 7.95. The van der Waals surface area contributed by atoms with Crippen LogP contribution in [0.1, 0.15) is 45.1 Å². The number of nitrogens with zero attached hydrogens (tertiary/aromatic N) is 4. The molecular formula is C29H36N6S. The van der Waals surface area contributed by atoms with E-state index in [1.165, 1.54) is 35.2 Å². The predicted octanol–water partition coefficient (Wildman–Crippen LogP) is 7.08. The molecule has 3 N–H and O–H groups in total. The first-order valence-corrected chi connectivity index (χ1v) is 13.5. The molecule has 0 saturated carbocycles.